The number of hydrogen-bond donors (Lipinski definition) is 2. The van der Waals surface area contributed by atoms with Crippen molar-refractivity contribution in [3.8, 4) is 17.0 Å². The molecule has 0 bridgehead atoms. The van der Waals surface area contributed by atoms with E-state index in [1.807, 2.05) is 53.3 Å². The highest BCUT2D eigenvalue weighted by Gasteiger charge is 2.07. The number of rotatable bonds is 6. The Morgan fingerprint density at radius 3 is 2.93 bits per heavy atom. The van der Waals surface area contributed by atoms with Crippen LogP contribution in [-0.2, 0) is 17.8 Å². The average molecular weight is 375 g/mol. The fraction of sp³-hybridized carbons (Fsp3) is 0.190. The largest absolute Gasteiger partial charge is 0.497 e. The molecule has 142 valence electrons. The van der Waals surface area contributed by atoms with Crippen LogP contribution in [0.2, 0.25) is 0 Å². The van der Waals surface area contributed by atoms with Gasteiger partial charge in [-0.25, -0.2) is 0 Å². The molecule has 0 unspecified atom stereocenters. The SMILES string of the molecule is COc1ccc2[nH]c(CCn3cc(-c4cccc(NC(C)=O)c4)nn3)cc2c1. The van der Waals surface area contributed by atoms with Crippen molar-refractivity contribution < 1.29 is 9.53 Å². The molecule has 0 aliphatic carbocycles. The lowest BCUT2D eigenvalue weighted by molar-refractivity contribution is -0.114. The minimum absolute atomic E-state index is 0.100. The van der Waals surface area contributed by atoms with Crippen LogP contribution in [-0.4, -0.2) is 33.0 Å². The molecule has 0 radical (unpaired) electrons. The molecule has 0 atom stereocenters. The van der Waals surface area contributed by atoms with Gasteiger partial charge < -0.3 is 15.0 Å². The zero-order chi connectivity index (χ0) is 19.5. The molecule has 0 aliphatic rings. The monoisotopic (exact) mass is 375 g/mol. The number of carbonyl (C=O) groups excluding carboxylic acids is 1. The van der Waals surface area contributed by atoms with Crippen LogP contribution in [0.4, 0.5) is 5.69 Å². The van der Waals surface area contributed by atoms with Gasteiger partial charge in [-0.1, -0.05) is 17.3 Å². The number of hydrogen-bond acceptors (Lipinski definition) is 4. The quantitative estimate of drug-likeness (QED) is 0.539. The Hall–Kier alpha value is -3.61. The summed E-state index contributed by atoms with van der Waals surface area (Å²) >= 11 is 0. The van der Waals surface area contributed by atoms with Gasteiger partial charge in [0.2, 0.25) is 5.91 Å². The molecule has 7 nitrogen and oxygen atoms in total. The maximum absolute atomic E-state index is 11.2. The molecule has 0 aliphatic heterocycles. The predicted octanol–water partition coefficient (Wildman–Crippen LogP) is 3.64. The maximum Gasteiger partial charge on any atom is 0.221 e. The minimum Gasteiger partial charge on any atom is -0.497 e. The van der Waals surface area contributed by atoms with Crippen LogP contribution in [0, 0.1) is 0 Å². The summed E-state index contributed by atoms with van der Waals surface area (Å²) in [4.78, 5) is 14.7. The first-order valence-electron chi connectivity index (χ1n) is 9.04. The number of nitrogens with zero attached hydrogens (tertiary/aromatic N) is 3. The highest BCUT2D eigenvalue weighted by Crippen LogP contribution is 2.23. The third-order valence-corrected chi connectivity index (χ3v) is 4.51. The van der Waals surface area contributed by atoms with E-state index in [1.165, 1.54) is 6.92 Å². The van der Waals surface area contributed by atoms with Crippen LogP contribution in [0.1, 0.15) is 12.6 Å². The second kappa shape index (κ2) is 7.56. The van der Waals surface area contributed by atoms with Crippen molar-refractivity contribution in [3.05, 3.63) is 60.4 Å². The maximum atomic E-state index is 11.2. The molecule has 0 saturated heterocycles. The molecule has 4 rings (SSSR count). The van der Waals surface area contributed by atoms with Crippen molar-refractivity contribution >= 4 is 22.5 Å². The second-order valence-electron chi connectivity index (χ2n) is 6.63. The molecule has 2 aromatic carbocycles. The van der Waals surface area contributed by atoms with Gasteiger partial charge >= 0.3 is 0 Å². The van der Waals surface area contributed by atoms with E-state index in [0.717, 1.165) is 45.7 Å². The van der Waals surface area contributed by atoms with E-state index in [-0.39, 0.29) is 5.91 Å². The lowest BCUT2D eigenvalue weighted by Crippen LogP contribution is -2.05. The average Bonchev–Trinajstić information content (AvgIpc) is 3.32. The van der Waals surface area contributed by atoms with Crippen LogP contribution in [0.25, 0.3) is 22.2 Å². The number of aryl methyl sites for hydroxylation is 2. The number of carbonyl (C=O) groups is 1. The number of H-pyrrole nitrogens is 1. The molecule has 0 spiro atoms. The molecular weight excluding hydrogens is 354 g/mol. The van der Waals surface area contributed by atoms with Crippen LogP contribution < -0.4 is 10.1 Å². The third-order valence-electron chi connectivity index (χ3n) is 4.51. The van der Waals surface area contributed by atoms with E-state index >= 15 is 0 Å². The normalized spacial score (nSPS) is 10.9. The Kier molecular flexibility index (Phi) is 4.80. The molecule has 7 heteroatoms. The minimum atomic E-state index is -0.100. The Labute approximate surface area is 162 Å². The molecule has 28 heavy (non-hydrogen) atoms. The van der Waals surface area contributed by atoms with Crippen molar-refractivity contribution in [2.75, 3.05) is 12.4 Å². The van der Waals surface area contributed by atoms with Crippen LogP contribution in [0.5, 0.6) is 5.75 Å². The highest BCUT2D eigenvalue weighted by molar-refractivity contribution is 5.89. The van der Waals surface area contributed by atoms with Crippen LogP contribution >= 0.6 is 0 Å². The van der Waals surface area contributed by atoms with E-state index in [0.29, 0.717) is 6.54 Å². The van der Waals surface area contributed by atoms with Gasteiger partial charge in [-0.15, -0.1) is 5.10 Å². The van der Waals surface area contributed by atoms with E-state index in [4.69, 9.17) is 4.74 Å². The van der Waals surface area contributed by atoms with Gasteiger partial charge in [0.05, 0.1) is 13.3 Å². The summed E-state index contributed by atoms with van der Waals surface area (Å²) in [5.74, 6) is 0.747. The van der Waals surface area contributed by atoms with Gasteiger partial charge in [0.1, 0.15) is 11.4 Å². The summed E-state index contributed by atoms with van der Waals surface area (Å²) in [5, 5.41) is 12.4. The Balaban J connectivity index is 1.46. The van der Waals surface area contributed by atoms with Gasteiger partial charge in [-0.05, 0) is 36.4 Å². The Morgan fingerprint density at radius 1 is 1.21 bits per heavy atom. The highest BCUT2D eigenvalue weighted by atomic mass is 16.5. The van der Waals surface area contributed by atoms with Gasteiger partial charge in [0.15, 0.2) is 0 Å². The first-order chi connectivity index (χ1) is 13.6. The van der Waals surface area contributed by atoms with Crippen molar-refractivity contribution in [1.29, 1.82) is 0 Å². The van der Waals surface area contributed by atoms with Gasteiger partial charge in [-0.2, -0.15) is 0 Å². The van der Waals surface area contributed by atoms with E-state index < -0.39 is 0 Å². The summed E-state index contributed by atoms with van der Waals surface area (Å²) in [6, 6.07) is 15.7. The van der Waals surface area contributed by atoms with Gasteiger partial charge in [0, 0.05) is 47.7 Å². The molecule has 1 amide bonds. The summed E-state index contributed by atoms with van der Waals surface area (Å²) in [7, 11) is 1.67. The summed E-state index contributed by atoms with van der Waals surface area (Å²) in [6.07, 6.45) is 2.73. The molecule has 4 aromatic rings. The van der Waals surface area contributed by atoms with Gasteiger partial charge in [0.25, 0.3) is 0 Å². The van der Waals surface area contributed by atoms with Crippen molar-refractivity contribution in [1.82, 2.24) is 20.0 Å². The lowest BCUT2D eigenvalue weighted by Gasteiger charge is -2.03. The predicted molar refractivity (Wildman–Crippen MR) is 108 cm³/mol. The zero-order valence-electron chi connectivity index (χ0n) is 15.8. The Bertz CT molecular complexity index is 1130. The second-order valence-corrected chi connectivity index (χ2v) is 6.63. The van der Waals surface area contributed by atoms with Crippen LogP contribution in [0.15, 0.2) is 54.7 Å². The molecule has 2 heterocycles. The fourth-order valence-corrected chi connectivity index (χ4v) is 3.17. The number of aromatic amines is 1. The number of aromatic nitrogens is 4. The standard InChI is InChI=1S/C21H21N5O2/c1-14(27)22-17-5-3-4-15(10-17)21-13-26(25-24-21)9-8-18-11-16-12-19(28-2)6-7-20(16)23-18/h3-7,10-13,23H,8-9H2,1-2H3,(H,22,27). The zero-order valence-corrected chi connectivity index (χ0v) is 15.8. The number of benzene rings is 2. The smallest absolute Gasteiger partial charge is 0.221 e. The van der Waals surface area contributed by atoms with Crippen molar-refractivity contribution in [2.24, 2.45) is 0 Å². The number of fused-ring (bicyclic) bond motifs is 1. The number of ether oxygens (including phenoxy) is 1. The molecule has 0 saturated carbocycles. The number of amides is 1. The van der Waals surface area contributed by atoms with Crippen molar-refractivity contribution in [3.63, 3.8) is 0 Å². The van der Waals surface area contributed by atoms with E-state index in [2.05, 4.69) is 26.7 Å². The molecule has 0 fully saturated rings. The van der Waals surface area contributed by atoms with Crippen LogP contribution in [0.3, 0.4) is 0 Å². The molecule has 2 N–H and O–H groups in total. The first kappa shape index (κ1) is 17.8. The van der Waals surface area contributed by atoms with E-state index in [9.17, 15) is 4.79 Å². The summed E-state index contributed by atoms with van der Waals surface area (Å²) in [5.41, 5.74) is 4.65. The fourth-order valence-electron chi connectivity index (χ4n) is 3.17. The summed E-state index contributed by atoms with van der Waals surface area (Å²) in [6.45, 7) is 2.20. The Morgan fingerprint density at radius 2 is 2.11 bits per heavy atom. The van der Waals surface area contributed by atoms with Crippen molar-refractivity contribution in [2.45, 2.75) is 19.9 Å². The third kappa shape index (κ3) is 3.88. The number of anilines is 1. The lowest BCUT2D eigenvalue weighted by atomic mass is 10.1. The summed E-state index contributed by atoms with van der Waals surface area (Å²) < 4.78 is 7.10. The number of methoxy groups -OCH3 is 1. The first-order valence-corrected chi connectivity index (χ1v) is 9.04. The van der Waals surface area contributed by atoms with E-state index in [1.54, 1.807) is 7.11 Å². The number of nitrogens with one attached hydrogen (secondary N) is 2. The molecular formula is C21H21N5O2. The molecule has 2 aromatic heterocycles. The van der Waals surface area contributed by atoms with Gasteiger partial charge in [-0.3, -0.25) is 9.48 Å². The topological polar surface area (TPSA) is 84.8 Å².